The van der Waals surface area contributed by atoms with E-state index in [-0.39, 0.29) is 0 Å². The molecule has 1 fully saturated rings. The van der Waals surface area contributed by atoms with Gasteiger partial charge in [0.05, 0.1) is 6.54 Å². The summed E-state index contributed by atoms with van der Waals surface area (Å²) in [6.45, 7) is 5.37. The van der Waals surface area contributed by atoms with E-state index in [9.17, 15) is 0 Å². The zero-order valence-corrected chi connectivity index (χ0v) is 8.85. The van der Waals surface area contributed by atoms with Crippen LogP contribution in [0.4, 0.5) is 0 Å². The molecule has 2 atom stereocenters. The summed E-state index contributed by atoms with van der Waals surface area (Å²) in [6, 6.07) is 1.11. The van der Waals surface area contributed by atoms with E-state index in [1.54, 1.807) is 12.7 Å². The quantitative estimate of drug-likeness (QED) is 0.762. The van der Waals surface area contributed by atoms with Gasteiger partial charge < -0.3 is 5.32 Å². The monoisotopic (exact) mass is 194 g/mol. The summed E-state index contributed by atoms with van der Waals surface area (Å²) >= 11 is 0. The lowest BCUT2D eigenvalue weighted by molar-refractivity contribution is 0.385. The summed E-state index contributed by atoms with van der Waals surface area (Å²) in [5.74, 6) is 0.910. The van der Waals surface area contributed by atoms with Gasteiger partial charge in [0, 0.05) is 12.1 Å². The standard InChI is InChI=1S/C10H18N4/c1-8(5-14-7-11-6-12-14)13-9(2)10-3-4-10/h6-10,13H,3-5H2,1-2H3. The number of rotatable bonds is 5. The smallest absolute Gasteiger partial charge is 0.137 e. The van der Waals surface area contributed by atoms with Crippen LogP contribution < -0.4 is 5.32 Å². The first-order chi connectivity index (χ1) is 6.75. The van der Waals surface area contributed by atoms with Crippen molar-refractivity contribution in [3.63, 3.8) is 0 Å². The third-order valence-electron chi connectivity index (χ3n) is 2.80. The lowest BCUT2D eigenvalue weighted by Gasteiger charge is -2.19. The molecular weight excluding hydrogens is 176 g/mol. The molecule has 0 spiro atoms. The average Bonchev–Trinajstić information content (AvgIpc) is 2.87. The second-order valence-electron chi connectivity index (χ2n) is 4.31. The van der Waals surface area contributed by atoms with Crippen LogP contribution in [-0.2, 0) is 6.54 Å². The van der Waals surface area contributed by atoms with Crippen molar-refractivity contribution in [2.45, 2.75) is 45.3 Å². The van der Waals surface area contributed by atoms with Crippen LogP contribution in [0, 0.1) is 5.92 Å². The van der Waals surface area contributed by atoms with Gasteiger partial charge in [0.2, 0.25) is 0 Å². The molecule has 0 bridgehead atoms. The lowest BCUT2D eigenvalue weighted by atomic mass is 10.2. The van der Waals surface area contributed by atoms with Gasteiger partial charge >= 0.3 is 0 Å². The van der Waals surface area contributed by atoms with Gasteiger partial charge in [-0.05, 0) is 32.6 Å². The first-order valence-corrected chi connectivity index (χ1v) is 5.34. The van der Waals surface area contributed by atoms with Gasteiger partial charge in [-0.25, -0.2) is 4.98 Å². The molecule has 1 N–H and O–H groups in total. The normalized spacial score (nSPS) is 20.7. The van der Waals surface area contributed by atoms with E-state index in [1.165, 1.54) is 12.8 Å². The number of nitrogens with one attached hydrogen (secondary N) is 1. The van der Waals surface area contributed by atoms with E-state index in [1.807, 2.05) is 4.68 Å². The molecule has 2 unspecified atom stereocenters. The molecule has 0 aliphatic heterocycles. The van der Waals surface area contributed by atoms with Crippen LogP contribution in [0.2, 0.25) is 0 Å². The Hall–Kier alpha value is -0.900. The predicted octanol–water partition coefficient (Wildman–Crippen LogP) is 1.05. The van der Waals surface area contributed by atoms with Crippen molar-refractivity contribution in [1.82, 2.24) is 20.1 Å². The molecule has 1 aliphatic rings. The Labute approximate surface area is 84.7 Å². The van der Waals surface area contributed by atoms with E-state index in [0.29, 0.717) is 12.1 Å². The van der Waals surface area contributed by atoms with Crippen molar-refractivity contribution in [2.24, 2.45) is 5.92 Å². The minimum atomic E-state index is 0.465. The molecular formula is C10H18N4. The Balaban J connectivity index is 1.75. The van der Waals surface area contributed by atoms with Crippen molar-refractivity contribution in [3.8, 4) is 0 Å². The molecule has 1 aliphatic carbocycles. The molecule has 0 amide bonds. The summed E-state index contributed by atoms with van der Waals surface area (Å²) in [6.07, 6.45) is 6.13. The number of aromatic nitrogens is 3. The maximum atomic E-state index is 4.09. The SMILES string of the molecule is CC(Cn1cncn1)NC(C)C1CC1. The number of hydrogen-bond acceptors (Lipinski definition) is 3. The van der Waals surface area contributed by atoms with E-state index in [0.717, 1.165) is 12.5 Å². The first kappa shape index (κ1) is 9.65. The van der Waals surface area contributed by atoms with Gasteiger partial charge in [0.15, 0.2) is 0 Å². The van der Waals surface area contributed by atoms with Gasteiger partial charge in [0.1, 0.15) is 12.7 Å². The largest absolute Gasteiger partial charge is 0.310 e. The number of hydrogen-bond donors (Lipinski definition) is 1. The van der Waals surface area contributed by atoms with Crippen molar-refractivity contribution in [3.05, 3.63) is 12.7 Å². The predicted molar refractivity (Wildman–Crippen MR) is 54.8 cm³/mol. The Morgan fingerprint density at radius 2 is 2.29 bits per heavy atom. The Kier molecular flexibility index (Phi) is 2.82. The van der Waals surface area contributed by atoms with Gasteiger partial charge in [-0.3, -0.25) is 4.68 Å². The zero-order chi connectivity index (χ0) is 9.97. The van der Waals surface area contributed by atoms with Crippen molar-refractivity contribution in [2.75, 3.05) is 0 Å². The Morgan fingerprint density at radius 3 is 2.86 bits per heavy atom. The van der Waals surface area contributed by atoms with Crippen LogP contribution in [0.5, 0.6) is 0 Å². The van der Waals surface area contributed by atoms with Gasteiger partial charge in [-0.2, -0.15) is 5.10 Å². The van der Waals surface area contributed by atoms with Crippen LogP contribution in [0.3, 0.4) is 0 Å². The highest BCUT2D eigenvalue weighted by atomic mass is 15.3. The summed E-state index contributed by atoms with van der Waals surface area (Å²) in [5, 5.41) is 7.68. The molecule has 0 aromatic carbocycles. The van der Waals surface area contributed by atoms with Crippen molar-refractivity contribution >= 4 is 0 Å². The fourth-order valence-corrected chi connectivity index (χ4v) is 1.84. The summed E-state index contributed by atoms with van der Waals surface area (Å²) in [7, 11) is 0. The van der Waals surface area contributed by atoms with Crippen molar-refractivity contribution in [1.29, 1.82) is 0 Å². The van der Waals surface area contributed by atoms with E-state index >= 15 is 0 Å². The molecule has 0 saturated heterocycles. The van der Waals surface area contributed by atoms with E-state index in [4.69, 9.17) is 0 Å². The molecule has 2 rings (SSSR count). The molecule has 4 heteroatoms. The van der Waals surface area contributed by atoms with Crippen molar-refractivity contribution < 1.29 is 0 Å². The summed E-state index contributed by atoms with van der Waals surface area (Å²) < 4.78 is 1.87. The highest BCUT2D eigenvalue weighted by molar-refractivity contribution is 4.84. The van der Waals surface area contributed by atoms with Gasteiger partial charge in [-0.1, -0.05) is 0 Å². The molecule has 1 aromatic heterocycles. The molecule has 14 heavy (non-hydrogen) atoms. The maximum absolute atomic E-state index is 4.09. The van der Waals surface area contributed by atoms with Crippen LogP contribution in [0.15, 0.2) is 12.7 Å². The van der Waals surface area contributed by atoms with E-state index < -0.39 is 0 Å². The minimum Gasteiger partial charge on any atom is -0.310 e. The molecule has 1 saturated carbocycles. The molecule has 0 radical (unpaired) electrons. The highest BCUT2D eigenvalue weighted by Crippen LogP contribution is 2.32. The van der Waals surface area contributed by atoms with Crippen LogP contribution in [-0.4, -0.2) is 26.8 Å². The number of nitrogens with zero attached hydrogens (tertiary/aromatic N) is 3. The first-order valence-electron chi connectivity index (χ1n) is 5.34. The fourth-order valence-electron chi connectivity index (χ4n) is 1.84. The van der Waals surface area contributed by atoms with Crippen LogP contribution in [0.25, 0.3) is 0 Å². The molecule has 1 heterocycles. The third-order valence-corrected chi connectivity index (χ3v) is 2.80. The van der Waals surface area contributed by atoms with Gasteiger partial charge in [-0.15, -0.1) is 0 Å². The lowest BCUT2D eigenvalue weighted by Crippen LogP contribution is -2.38. The van der Waals surface area contributed by atoms with E-state index in [2.05, 4.69) is 29.2 Å². The zero-order valence-electron chi connectivity index (χ0n) is 8.85. The highest BCUT2D eigenvalue weighted by Gasteiger charge is 2.28. The van der Waals surface area contributed by atoms with Crippen LogP contribution >= 0.6 is 0 Å². The minimum absolute atomic E-state index is 0.465. The Morgan fingerprint density at radius 1 is 1.50 bits per heavy atom. The second-order valence-corrected chi connectivity index (χ2v) is 4.31. The summed E-state index contributed by atoms with van der Waals surface area (Å²) in [5.41, 5.74) is 0. The average molecular weight is 194 g/mol. The molecule has 4 nitrogen and oxygen atoms in total. The third kappa shape index (κ3) is 2.54. The van der Waals surface area contributed by atoms with Gasteiger partial charge in [0.25, 0.3) is 0 Å². The maximum Gasteiger partial charge on any atom is 0.137 e. The Bertz CT molecular complexity index is 266. The fraction of sp³-hybridized carbons (Fsp3) is 0.800. The topological polar surface area (TPSA) is 42.7 Å². The summed E-state index contributed by atoms with van der Waals surface area (Å²) in [4.78, 5) is 3.93. The molecule has 1 aromatic rings. The second kappa shape index (κ2) is 4.09. The molecule has 78 valence electrons. The van der Waals surface area contributed by atoms with Crippen LogP contribution in [0.1, 0.15) is 26.7 Å².